The van der Waals surface area contributed by atoms with E-state index in [1.807, 2.05) is 27.7 Å². The highest BCUT2D eigenvalue weighted by Gasteiger charge is 2.20. The first-order valence-corrected chi connectivity index (χ1v) is 5.55. The Kier molecular flexibility index (Phi) is 6.52. The predicted molar refractivity (Wildman–Crippen MR) is 61.3 cm³/mol. The van der Waals surface area contributed by atoms with Gasteiger partial charge in [0, 0.05) is 0 Å². The molecule has 0 aromatic carbocycles. The molecule has 0 saturated carbocycles. The van der Waals surface area contributed by atoms with Crippen molar-refractivity contribution in [3.05, 3.63) is 0 Å². The Morgan fingerprint density at radius 2 is 1.87 bits per heavy atom. The Hall–Kier alpha value is -0.610. The van der Waals surface area contributed by atoms with Crippen LogP contribution < -0.4 is 11.1 Å². The van der Waals surface area contributed by atoms with Gasteiger partial charge in [-0.3, -0.25) is 4.79 Å². The van der Waals surface area contributed by atoms with E-state index in [9.17, 15) is 4.79 Å². The normalized spacial score (nSPS) is 15.5. The van der Waals surface area contributed by atoms with Gasteiger partial charge in [-0.05, 0) is 18.3 Å². The Labute approximate surface area is 92.2 Å². The summed E-state index contributed by atoms with van der Waals surface area (Å²) < 4.78 is 0. The van der Waals surface area contributed by atoms with Crippen molar-refractivity contribution in [3.8, 4) is 0 Å². The average molecular weight is 216 g/mol. The first-order valence-electron chi connectivity index (χ1n) is 5.55. The summed E-state index contributed by atoms with van der Waals surface area (Å²) in [5.74, 6) is 0.444. The second-order valence-corrected chi connectivity index (χ2v) is 4.78. The molecule has 0 aliphatic heterocycles. The van der Waals surface area contributed by atoms with Crippen LogP contribution >= 0.6 is 0 Å². The molecule has 1 unspecified atom stereocenters. The Balaban J connectivity index is 4.10. The van der Waals surface area contributed by atoms with Crippen molar-refractivity contribution in [3.63, 3.8) is 0 Å². The number of hydrogen-bond acceptors (Lipinski definition) is 3. The zero-order valence-electron chi connectivity index (χ0n) is 10.2. The minimum absolute atomic E-state index is 0.0438. The van der Waals surface area contributed by atoms with Crippen LogP contribution in [0.3, 0.4) is 0 Å². The predicted octanol–water partition coefficient (Wildman–Crippen LogP) is 0.493. The Bertz CT molecular complexity index is 193. The van der Waals surface area contributed by atoms with E-state index in [0.29, 0.717) is 12.3 Å². The van der Waals surface area contributed by atoms with Crippen molar-refractivity contribution in [2.45, 2.75) is 46.2 Å². The van der Waals surface area contributed by atoms with Gasteiger partial charge in [-0.15, -0.1) is 0 Å². The smallest absolute Gasteiger partial charge is 0.237 e. The molecule has 90 valence electrons. The third kappa shape index (κ3) is 5.74. The number of nitrogens with one attached hydrogen (secondary N) is 1. The van der Waals surface area contributed by atoms with Gasteiger partial charge in [-0.1, -0.05) is 27.7 Å². The van der Waals surface area contributed by atoms with E-state index < -0.39 is 6.04 Å². The van der Waals surface area contributed by atoms with Crippen LogP contribution in [0.15, 0.2) is 0 Å². The number of hydrogen-bond donors (Lipinski definition) is 3. The molecular weight excluding hydrogens is 192 g/mol. The van der Waals surface area contributed by atoms with Crippen molar-refractivity contribution < 1.29 is 9.90 Å². The van der Waals surface area contributed by atoms with Crippen LogP contribution in [0.4, 0.5) is 0 Å². The molecule has 0 fully saturated rings. The van der Waals surface area contributed by atoms with E-state index in [1.54, 1.807) is 0 Å². The number of carbonyl (C=O) groups excluding carboxylic acids is 1. The summed E-state index contributed by atoms with van der Waals surface area (Å²) in [6.07, 6.45) is 0.669. The summed E-state index contributed by atoms with van der Waals surface area (Å²) in [4.78, 5) is 11.6. The van der Waals surface area contributed by atoms with Gasteiger partial charge in [0.2, 0.25) is 5.91 Å². The zero-order chi connectivity index (χ0) is 12.0. The van der Waals surface area contributed by atoms with Crippen LogP contribution in [0, 0.1) is 11.8 Å². The van der Waals surface area contributed by atoms with Crippen molar-refractivity contribution in [1.82, 2.24) is 5.32 Å². The summed E-state index contributed by atoms with van der Waals surface area (Å²) >= 11 is 0. The van der Waals surface area contributed by atoms with Crippen molar-refractivity contribution in [2.75, 3.05) is 6.61 Å². The van der Waals surface area contributed by atoms with Crippen LogP contribution in [0.1, 0.15) is 34.1 Å². The molecule has 4 N–H and O–H groups in total. The molecule has 0 aromatic heterocycles. The molecule has 0 heterocycles. The van der Waals surface area contributed by atoms with Gasteiger partial charge >= 0.3 is 0 Å². The fourth-order valence-electron chi connectivity index (χ4n) is 1.33. The lowest BCUT2D eigenvalue weighted by Crippen LogP contribution is -2.49. The quantitative estimate of drug-likeness (QED) is 0.605. The average Bonchev–Trinajstić information content (AvgIpc) is 2.11. The number of aliphatic hydroxyl groups excluding tert-OH is 1. The number of rotatable bonds is 6. The second-order valence-electron chi connectivity index (χ2n) is 4.78. The van der Waals surface area contributed by atoms with E-state index in [-0.39, 0.29) is 24.5 Å². The summed E-state index contributed by atoms with van der Waals surface area (Å²) in [7, 11) is 0. The standard InChI is InChI=1S/C11H24N2O2/c1-7(2)5-9(12)11(15)13-10(6-14)8(3)4/h7-10,14H,5-6,12H2,1-4H3,(H,13,15)/t9-,10?/m0/s1. The van der Waals surface area contributed by atoms with E-state index in [2.05, 4.69) is 5.32 Å². The van der Waals surface area contributed by atoms with Gasteiger partial charge in [0.15, 0.2) is 0 Å². The number of amides is 1. The van der Waals surface area contributed by atoms with E-state index >= 15 is 0 Å². The lowest BCUT2D eigenvalue weighted by atomic mass is 10.0. The fraction of sp³-hybridized carbons (Fsp3) is 0.909. The third-order valence-corrected chi connectivity index (χ3v) is 2.39. The number of aliphatic hydroxyl groups is 1. The Morgan fingerprint density at radius 1 is 1.33 bits per heavy atom. The molecule has 0 aliphatic rings. The molecule has 0 radical (unpaired) electrons. The Morgan fingerprint density at radius 3 is 2.20 bits per heavy atom. The van der Waals surface area contributed by atoms with Crippen molar-refractivity contribution >= 4 is 5.91 Å². The van der Waals surface area contributed by atoms with Gasteiger partial charge in [0.05, 0.1) is 18.7 Å². The lowest BCUT2D eigenvalue weighted by Gasteiger charge is -2.22. The second kappa shape index (κ2) is 6.80. The molecule has 0 rings (SSSR count). The van der Waals surface area contributed by atoms with Crippen LogP contribution in [0.5, 0.6) is 0 Å². The van der Waals surface area contributed by atoms with E-state index in [0.717, 1.165) is 0 Å². The number of carbonyl (C=O) groups is 1. The van der Waals surface area contributed by atoms with Gasteiger partial charge in [0.1, 0.15) is 0 Å². The molecule has 15 heavy (non-hydrogen) atoms. The fourth-order valence-corrected chi connectivity index (χ4v) is 1.33. The monoisotopic (exact) mass is 216 g/mol. The first kappa shape index (κ1) is 14.4. The molecule has 0 aliphatic carbocycles. The largest absolute Gasteiger partial charge is 0.394 e. The zero-order valence-corrected chi connectivity index (χ0v) is 10.2. The third-order valence-electron chi connectivity index (χ3n) is 2.39. The van der Waals surface area contributed by atoms with E-state index in [1.165, 1.54) is 0 Å². The molecule has 2 atom stereocenters. The van der Waals surface area contributed by atoms with Crippen molar-refractivity contribution in [1.29, 1.82) is 0 Å². The van der Waals surface area contributed by atoms with Crippen LogP contribution in [0.2, 0.25) is 0 Å². The van der Waals surface area contributed by atoms with Crippen molar-refractivity contribution in [2.24, 2.45) is 17.6 Å². The minimum Gasteiger partial charge on any atom is -0.394 e. The highest BCUT2D eigenvalue weighted by molar-refractivity contribution is 5.81. The molecule has 0 bridgehead atoms. The maximum absolute atomic E-state index is 11.6. The molecule has 0 spiro atoms. The topological polar surface area (TPSA) is 75.4 Å². The molecule has 0 saturated heterocycles. The summed E-state index contributed by atoms with van der Waals surface area (Å²) in [5, 5.41) is 11.8. The van der Waals surface area contributed by atoms with Crippen LogP contribution in [-0.4, -0.2) is 29.7 Å². The molecule has 4 heteroatoms. The SMILES string of the molecule is CC(C)C[C@H](N)C(=O)NC(CO)C(C)C. The van der Waals surface area contributed by atoms with Gasteiger partial charge in [-0.2, -0.15) is 0 Å². The maximum Gasteiger partial charge on any atom is 0.237 e. The number of nitrogens with two attached hydrogens (primary N) is 1. The van der Waals surface area contributed by atoms with Gasteiger partial charge in [0.25, 0.3) is 0 Å². The van der Waals surface area contributed by atoms with Crippen LogP contribution in [0.25, 0.3) is 0 Å². The summed E-state index contributed by atoms with van der Waals surface area (Å²) in [5.41, 5.74) is 5.73. The lowest BCUT2D eigenvalue weighted by molar-refractivity contribution is -0.124. The molecular formula is C11H24N2O2. The first-order chi connectivity index (χ1) is 6.88. The minimum atomic E-state index is -0.474. The van der Waals surface area contributed by atoms with Crippen LogP contribution in [-0.2, 0) is 4.79 Å². The molecule has 4 nitrogen and oxygen atoms in total. The molecule has 0 aromatic rings. The highest BCUT2D eigenvalue weighted by Crippen LogP contribution is 2.05. The molecule has 1 amide bonds. The van der Waals surface area contributed by atoms with Gasteiger partial charge < -0.3 is 16.2 Å². The summed E-state index contributed by atoms with van der Waals surface area (Å²) in [6, 6.07) is -0.673. The highest BCUT2D eigenvalue weighted by atomic mass is 16.3. The van der Waals surface area contributed by atoms with E-state index in [4.69, 9.17) is 10.8 Å². The van der Waals surface area contributed by atoms with Gasteiger partial charge in [-0.25, -0.2) is 0 Å². The maximum atomic E-state index is 11.6. The summed E-state index contributed by atoms with van der Waals surface area (Å²) in [6.45, 7) is 7.92.